The lowest BCUT2D eigenvalue weighted by Gasteiger charge is -2.06. The topological polar surface area (TPSA) is 95.7 Å². The molecule has 0 aliphatic heterocycles. The third kappa shape index (κ3) is 6.02. The first kappa shape index (κ1) is 19.8. The lowest BCUT2D eigenvalue weighted by atomic mass is 10.1. The summed E-state index contributed by atoms with van der Waals surface area (Å²) >= 11 is 7.05. The number of carbonyl (C=O) groups excluding carboxylic acids is 1. The van der Waals surface area contributed by atoms with Crippen LogP contribution in [0.3, 0.4) is 0 Å². The fraction of sp³-hybridized carbons (Fsp3) is 0.357. The van der Waals surface area contributed by atoms with Gasteiger partial charge in [-0.15, -0.1) is 10.2 Å². The molecule has 0 saturated carbocycles. The third-order valence-corrected chi connectivity index (χ3v) is 4.03. The SMILES string of the molecule is CC(C)[C@H]([NH3+])c1nnc(SCC(=O)Nc2cccc(Cl)c2)o1.[Cl-]. The summed E-state index contributed by atoms with van der Waals surface area (Å²) in [5, 5.41) is 11.6. The van der Waals surface area contributed by atoms with Crippen LogP contribution in [-0.4, -0.2) is 21.9 Å². The zero-order chi connectivity index (χ0) is 16.1. The number of hydrogen-bond donors (Lipinski definition) is 2. The number of thioether (sulfide) groups is 1. The van der Waals surface area contributed by atoms with Gasteiger partial charge in [-0.25, -0.2) is 0 Å². The zero-order valence-corrected chi connectivity index (χ0v) is 15.1. The molecule has 0 aliphatic rings. The van der Waals surface area contributed by atoms with Gasteiger partial charge >= 0.3 is 0 Å². The smallest absolute Gasteiger partial charge is 0.277 e. The fourth-order valence-corrected chi connectivity index (χ4v) is 2.36. The van der Waals surface area contributed by atoms with Gasteiger partial charge in [-0.1, -0.05) is 43.3 Å². The van der Waals surface area contributed by atoms with Gasteiger partial charge in [0.1, 0.15) is 0 Å². The Morgan fingerprint density at radius 2 is 2.17 bits per heavy atom. The highest BCUT2D eigenvalue weighted by atomic mass is 35.5. The Balaban J connectivity index is 0.00000264. The van der Waals surface area contributed by atoms with Crippen molar-refractivity contribution in [1.29, 1.82) is 0 Å². The number of quaternary nitrogens is 1. The van der Waals surface area contributed by atoms with Crippen LogP contribution in [0.2, 0.25) is 5.02 Å². The third-order valence-electron chi connectivity index (χ3n) is 2.98. The van der Waals surface area contributed by atoms with Crippen LogP contribution in [0.4, 0.5) is 5.69 Å². The van der Waals surface area contributed by atoms with Gasteiger partial charge < -0.3 is 27.9 Å². The maximum Gasteiger partial charge on any atom is 0.277 e. The van der Waals surface area contributed by atoms with Gasteiger partial charge in [0, 0.05) is 16.6 Å². The summed E-state index contributed by atoms with van der Waals surface area (Å²) in [5.74, 6) is 0.816. The van der Waals surface area contributed by atoms with E-state index in [0.29, 0.717) is 27.7 Å². The minimum Gasteiger partial charge on any atom is -1.00 e. The number of halogens is 2. The standard InChI is InChI=1S/C14H17ClN4O2S.ClH/c1-8(2)12(16)13-18-19-14(21-13)22-7-11(20)17-10-5-3-4-9(15)6-10;/h3-6,8,12H,7,16H2,1-2H3,(H,17,20);1H/t12-;/m0./s1. The average molecular weight is 377 g/mol. The lowest BCUT2D eigenvalue weighted by Crippen LogP contribution is -3.00. The Hall–Kier alpha value is -1.28. The number of amides is 1. The predicted molar refractivity (Wildman–Crippen MR) is 85.6 cm³/mol. The van der Waals surface area contributed by atoms with E-state index >= 15 is 0 Å². The molecule has 0 aliphatic carbocycles. The van der Waals surface area contributed by atoms with Crippen molar-refractivity contribution < 1.29 is 27.4 Å². The van der Waals surface area contributed by atoms with Crippen LogP contribution in [0.15, 0.2) is 33.9 Å². The summed E-state index contributed by atoms with van der Waals surface area (Å²) in [5.41, 5.74) is 4.64. The molecule has 4 N–H and O–H groups in total. The molecule has 1 amide bonds. The summed E-state index contributed by atoms with van der Waals surface area (Å²) in [6, 6.07) is 6.92. The Bertz CT molecular complexity index is 651. The second kappa shape index (κ2) is 9.12. The van der Waals surface area contributed by atoms with Gasteiger partial charge in [0.25, 0.3) is 11.1 Å². The quantitative estimate of drug-likeness (QED) is 0.656. The van der Waals surface area contributed by atoms with E-state index in [4.69, 9.17) is 16.0 Å². The number of nitrogens with zero attached hydrogens (tertiary/aromatic N) is 2. The zero-order valence-electron chi connectivity index (χ0n) is 12.8. The maximum absolute atomic E-state index is 11.9. The van der Waals surface area contributed by atoms with Crippen molar-refractivity contribution in [2.75, 3.05) is 11.1 Å². The number of carbonyl (C=O) groups is 1. The number of rotatable bonds is 6. The van der Waals surface area contributed by atoms with E-state index < -0.39 is 0 Å². The minimum absolute atomic E-state index is 0. The summed E-state index contributed by atoms with van der Waals surface area (Å²) in [7, 11) is 0. The van der Waals surface area contributed by atoms with E-state index in [1.807, 2.05) is 13.8 Å². The highest BCUT2D eigenvalue weighted by Crippen LogP contribution is 2.22. The molecule has 0 unspecified atom stereocenters. The molecule has 0 bridgehead atoms. The first-order valence-corrected chi connectivity index (χ1v) is 8.16. The van der Waals surface area contributed by atoms with Crippen molar-refractivity contribution in [3.05, 3.63) is 35.2 Å². The number of hydrogen-bond acceptors (Lipinski definition) is 5. The normalized spacial score (nSPS) is 11.9. The van der Waals surface area contributed by atoms with Gasteiger partial charge in [-0.2, -0.15) is 0 Å². The Morgan fingerprint density at radius 1 is 1.43 bits per heavy atom. The second-order valence-corrected chi connectivity index (χ2v) is 6.47. The molecular weight excluding hydrogens is 359 g/mol. The summed E-state index contributed by atoms with van der Waals surface area (Å²) < 4.78 is 5.50. The molecule has 2 rings (SSSR count). The van der Waals surface area contributed by atoms with Crippen molar-refractivity contribution >= 4 is 35.0 Å². The van der Waals surface area contributed by atoms with Gasteiger partial charge in [0.15, 0.2) is 6.04 Å². The number of nitrogens with one attached hydrogen (secondary N) is 1. The first-order chi connectivity index (χ1) is 10.5. The van der Waals surface area contributed by atoms with Crippen molar-refractivity contribution in [1.82, 2.24) is 10.2 Å². The highest BCUT2D eigenvalue weighted by molar-refractivity contribution is 7.99. The van der Waals surface area contributed by atoms with Gasteiger partial charge in [0.2, 0.25) is 5.91 Å². The van der Waals surface area contributed by atoms with E-state index in [0.717, 1.165) is 0 Å². The fourth-order valence-electron chi connectivity index (χ4n) is 1.60. The predicted octanol–water partition coefficient (Wildman–Crippen LogP) is -0.603. The number of benzene rings is 1. The molecule has 0 fully saturated rings. The monoisotopic (exact) mass is 376 g/mol. The average Bonchev–Trinajstić information content (AvgIpc) is 2.93. The number of anilines is 1. The molecule has 1 atom stereocenters. The van der Waals surface area contributed by atoms with Crippen LogP contribution in [0.1, 0.15) is 25.8 Å². The van der Waals surface area contributed by atoms with E-state index in [2.05, 4.69) is 21.2 Å². The van der Waals surface area contributed by atoms with Crippen LogP contribution in [0.5, 0.6) is 0 Å². The Morgan fingerprint density at radius 3 is 2.83 bits per heavy atom. The molecule has 23 heavy (non-hydrogen) atoms. The molecule has 1 aromatic carbocycles. The van der Waals surface area contributed by atoms with Crippen LogP contribution in [0, 0.1) is 5.92 Å². The minimum atomic E-state index is -0.165. The van der Waals surface area contributed by atoms with E-state index in [1.165, 1.54) is 11.8 Å². The van der Waals surface area contributed by atoms with Crippen molar-refractivity contribution in [3.63, 3.8) is 0 Å². The van der Waals surface area contributed by atoms with Crippen molar-refractivity contribution in [3.8, 4) is 0 Å². The lowest BCUT2D eigenvalue weighted by molar-refractivity contribution is -0.443. The number of aromatic nitrogens is 2. The molecule has 0 spiro atoms. The van der Waals surface area contributed by atoms with Crippen molar-refractivity contribution in [2.24, 2.45) is 5.92 Å². The highest BCUT2D eigenvalue weighted by Gasteiger charge is 2.21. The Kier molecular flexibility index (Phi) is 7.84. The van der Waals surface area contributed by atoms with E-state index in [-0.39, 0.29) is 30.1 Å². The maximum atomic E-state index is 11.9. The van der Waals surface area contributed by atoms with Gasteiger partial charge in [-0.3, -0.25) is 4.79 Å². The molecule has 2 aromatic rings. The van der Waals surface area contributed by atoms with E-state index in [1.54, 1.807) is 24.3 Å². The van der Waals surface area contributed by atoms with Gasteiger partial charge in [-0.05, 0) is 18.2 Å². The molecule has 126 valence electrons. The molecule has 6 nitrogen and oxygen atoms in total. The van der Waals surface area contributed by atoms with E-state index in [9.17, 15) is 4.79 Å². The van der Waals surface area contributed by atoms with Crippen molar-refractivity contribution in [2.45, 2.75) is 25.1 Å². The molecule has 0 radical (unpaired) electrons. The largest absolute Gasteiger partial charge is 1.00 e. The summed E-state index contributed by atoms with van der Waals surface area (Å²) in [6.45, 7) is 4.07. The molecule has 1 heterocycles. The molecular formula is C14H18Cl2N4O2S. The van der Waals surface area contributed by atoms with Gasteiger partial charge in [0.05, 0.1) is 5.75 Å². The summed E-state index contributed by atoms with van der Waals surface area (Å²) in [4.78, 5) is 11.9. The van der Waals surface area contributed by atoms with Crippen LogP contribution < -0.4 is 23.5 Å². The van der Waals surface area contributed by atoms with Crippen LogP contribution >= 0.6 is 23.4 Å². The van der Waals surface area contributed by atoms with Crippen LogP contribution in [-0.2, 0) is 4.79 Å². The molecule has 9 heteroatoms. The second-order valence-electron chi connectivity index (χ2n) is 5.10. The van der Waals surface area contributed by atoms with Crippen LogP contribution in [0.25, 0.3) is 0 Å². The summed E-state index contributed by atoms with van der Waals surface area (Å²) in [6.07, 6.45) is 0. The Labute approximate surface area is 150 Å². The molecule has 1 aromatic heterocycles. The first-order valence-electron chi connectivity index (χ1n) is 6.80. The molecule has 0 saturated heterocycles.